The van der Waals surface area contributed by atoms with E-state index in [1.54, 1.807) is 30.6 Å². The summed E-state index contributed by atoms with van der Waals surface area (Å²) in [5.41, 5.74) is 0.904. The number of amides is 3. The highest BCUT2D eigenvalue weighted by molar-refractivity contribution is 6.31. The molecule has 0 bridgehead atoms. The third-order valence-electron chi connectivity index (χ3n) is 12.9. The van der Waals surface area contributed by atoms with Crippen molar-refractivity contribution in [2.24, 2.45) is 16.7 Å². The molecule has 2 aromatic carbocycles. The molecule has 4 fully saturated rings. The summed E-state index contributed by atoms with van der Waals surface area (Å²) in [6.07, 6.45) is 5.70. The van der Waals surface area contributed by atoms with Crippen LogP contribution in [0.4, 0.5) is 11.5 Å². The van der Waals surface area contributed by atoms with E-state index in [1.165, 1.54) is 4.68 Å². The van der Waals surface area contributed by atoms with E-state index in [-0.39, 0.29) is 53.2 Å². The Morgan fingerprint density at radius 1 is 0.932 bits per heavy atom. The molecule has 59 heavy (non-hydrogen) atoms. The number of nitriles is 1. The summed E-state index contributed by atoms with van der Waals surface area (Å²) in [5, 5.41) is 20.7. The Hall–Kier alpha value is -5.52. The summed E-state index contributed by atoms with van der Waals surface area (Å²) in [7, 11) is 0. The molecule has 1 atom stereocenters. The van der Waals surface area contributed by atoms with E-state index >= 15 is 0 Å². The first-order chi connectivity index (χ1) is 28.2. The number of carbonyl (C=O) groups excluding carboxylic acids is 3. The Morgan fingerprint density at radius 3 is 2.34 bits per heavy atom. The van der Waals surface area contributed by atoms with Crippen LogP contribution in [-0.2, 0) is 9.59 Å². The maximum atomic E-state index is 13.5. The number of hydrogen-bond donors (Lipinski definition) is 2. The van der Waals surface area contributed by atoms with Gasteiger partial charge in [0.2, 0.25) is 5.91 Å². The quantitative estimate of drug-likeness (QED) is 0.220. The number of nitrogens with one attached hydrogen (secondary N) is 2. The van der Waals surface area contributed by atoms with Crippen molar-refractivity contribution in [1.29, 1.82) is 5.26 Å². The van der Waals surface area contributed by atoms with Crippen molar-refractivity contribution in [2.45, 2.75) is 71.6 Å². The highest BCUT2D eigenvalue weighted by atomic mass is 35.5. The fourth-order valence-electron chi connectivity index (χ4n) is 9.90. The lowest BCUT2D eigenvalue weighted by atomic mass is 9.49. The first-order valence-corrected chi connectivity index (χ1v) is 20.8. The van der Waals surface area contributed by atoms with Crippen molar-refractivity contribution < 1.29 is 19.1 Å². The maximum absolute atomic E-state index is 13.5. The SMILES string of the molecule is CC1(C)[C@H](NC(=O)c2ccc(N3CCC(CN4CCN(c5ccc6c(=O)n([C@H]7CCC(=O)NC7=O)ncc6c5)CC4)CC3)nc2)C(C)(C)[C@H]1Oc1ccc(C#N)c(Cl)c1. The number of hydrogen-bond acceptors (Lipinski definition) is 11. The molecule has 2 N–H and O–H groups in total. The molecule has 8 rings (SSSR count). The Labute approximate surface area is 348 Å². The number of benzene rings is 2. The number of pyridine rings is 1. The lowest BCUT2D eigenvalue weighted by molar-refractivity contribution is -0.164. The second kappa shape index (κ2) is 15.9. The number of rotatable bonds is 9. The number of halogens is 1. The largest absolute Gasteiger partial charge is 0.489 e. The Bertz CT molecular complexity index is 2360. The number of aromatic nitrogens is 3. The zero-order valence-corrected chi connectivity index (χ0v) is 34.7. The van der Waals surface area contributed by atoms with E-state index in [0.717, 1.165) is 75.5 Å². The van der Waals surface area contributed by atoms with Gasteiger partial charge in [-0.25, -0.2) is 9.67 Å². The van der Waals surface area contributed by atoms with Crippen LogP contribution in [0, 0.1) is 28.1 Å². The predicted molar refractivity (Wildman–Crippen MR) is 225 cm³/mol. The van der Waals surface area contributed by atoms with Crippen molar-refractivity contribution in [3.05, 3.63) is 87.4 Å². The van der Waals surface area contributed by atoms with Crippen molar-refractivity contribution in [3.8, 4) is 11.8 Å². The van der Waals surface area contributed by atoms with E-state index < -0.39 is 11.9 Å². The van der Waals surface area contributed by atoms with Gasteiger partial charge in [-0.1, -0.05) is 39.3 Å². The molecule has 3 amide bonds. The van der Waals surface area contributed by atoms with Gasteiger partial charge in [0.15, 0.2) is 0 Å². The van der Waals surface area contributed by atoms with Crippen LogP contribution in [0.25, 0.3) is 10.8 Å². The maximum Gasteiger partial charge on any atom is 0.275 e. The van der Waals surface area contributed by atoms with Gasteiger partial charge in [-0.3, -0.25) is 29.4 Å². The molecule has 3 saturated heterocycles. The van der Waals surface area contributed by atoms with Gasteiger partial charge in [0.1, 0.15) is 29.8 Å². The summed E-state index contributed by atoms with van der Waals surface area (Å²) in [6, 6.07) is 15.8. The molecule has 2 aromatic heterocycles. The van der Waals surface area contributed by atoms with Gasteiger partial charge in [0, 0.05) is 92.4 Å². The van der Waals surface area contributed by atoms with Crippen LogP contribution in [0.15, 0.2) is 65.7 Å². The first-order valence-electron chi connectivity index (χ1n) is 20.4. The molecule has 5 heterocycles. The van der Waals surface area contributed by atoms with Crippen LogP contribution in [-0.4, -0.2) is 95.3 Å². The zero-order valence-electron chi connectivity index (χ0n) is 33.9. The number of piperidine rings is 2. The number of carbonyl (C=O) groups is 3. The van der Waals surface area contributed by atoms with Gasteiger partial charge in [0.05, 0.1) is 27.7 Å². The van der Waals surface area contributed by atoms with Crippen molar-refractivity contribution >= 4 is 51.6 Å². The van der Waals surface area contributed by atoms with Crippen molar-refractivity contribution in [1.82, 2.24) is 30.3 Å². The minimum absolute atomic E-state index is 0.143. The van der Waals surface area contributed by atoms with Gasteiger partial charge in [-0.2, -0.15) is 10.4 Å². The fourth-order valence-corrected chi connectivity index (χ4v) is 10.1. The van der Waals surface area contributed by atoms with Gasteiger partial charge in [-0.05, 0) is 67.6 Å². The minimum Gasteiger partial charge on any atom is -0.489 e. The molecule has 4 aliphatic rings. The third-order valence-corrected chi connectivity index (χ3v) is 13.2. The van der Waals surface area contributed by atoms with Gasteiger partial charge in [-0.15, -0.1) is 0 Å². The molecule has 14 nitrogen and oxygen atoms in total. The summed E-state index contributed by atoms with van der Waals surface area (Å²) in [5.74, 6) is 1.09. The molecular formula is C44H50ClN9O5. The third kappa shape index (κ3) is 7.85. The van der Waals surface area contributed by atoms with Gasteiger partial charge < -0.3 is 19.9 Å². The second-order valence-corrected chi connectivity index (χ2v) is 18.0. The number of nitrogens with zero attached hydrogens (tertiary/aromatic N) is 7. The predicted octanol–water partition coefficient (Wildman–Crippen LogP) is 4.94. The number of ether oxygens (including phenoxy) is 1. The lowest BCUT2D eigenvalue weighted by Gasteiger charge is -2.63. The van der Waals surface area contributed by atoms with Crippen LogP contribution in [0.3, 0.4) is 0 Å². The van der Waals surface area contributed by atoms with Crippen LogP contribution in [0.5, 0.6) is 5.75 Å². The van der Waals surface area contributed by atoms with Crippen molar-refractivity contribution in [3.63, 3.8) is 0 Å². The van der Waals surface area contributed by atoms with E-state index in [2.05, 4.69) is 64.2 Å². The molecule has 308 valence electrons. The van der Waals surface area contributed by atoms with Gasteiger partial charge >= 0.3 is 0 Å². The molecule has 0 unspecified atom stereocenters. The highest BCUT2D eigenvalue weighted by Crippen LogP contribution is 2.55. The summed E-state index contributed by atoms with van der Waals surface area (Å²) in [6.45, 7) is 14.9. The summed E-state index contributed by atoms with van der Waals surface area (Å²) >= 11 is 6.25. The second-order valence-electron chi connectivity index (χ2n) is 17.6. The number of anilines is 2. The smallest absolute Gasteiger partial charge is 0.275 e. The first kappa shape index (κ1) is 40.3. The average Bonchev–Trinajstić information content (AvgIpc) is 3.22. The standard InChI is InChI=1S/C44H50ClN9O5/c1-43(2)41(44(3,4)42(43)59-32-8-5-28(23-46)34(45)22-32)50-38(56)29-6-11-36(47-24-29)53-15-13-27(14-16-53)26-51-17-19-52(20-18-51)31-7-9-33-30(21-31)25-48-54(40(33)58)35-10-12-37(55)49-39(35)57/h5-9,11,21-22,24-25,27,35,41-42H,10,12-20,26H2,1-4H3,(H,50,56)(H,49,55,57)/t35-,41-,42-/m0/s1. The van der Waals surface area contributed by atoms with E-state index in [9.17, 15) is 24.4 Å². The summed E-state index contributed by atoms with van der Waals surface area (Å²) in [4.78, 5) is 62.6. The Morgan fingerprint density at radius 2 is 1.68 bits per heavy atom. The molecule has 0 radical (unpaired) electrons. The van der Waals surface area contributed by atoms with Crippen LogP contribution >= 0.6 is 11.6 Å². The molecule has 1 saturated carbocycles. The number of piperazine rings is 1. The molecule has 3 aliphatic heterocycles. The van der Waals surface area contributed by atoms with Crippen LogP contribution in [0.1, 0.15) is 75.3 Å². The Kier molecular flexibility index (Phi) is 10.9. The topological polar surface area (TPSA) is 166 Å². The molecule has 0 spiro atoms. The van der Waals surface area contributed by atoms with E-state index in [1.807, 2.05) is 30.3 Å². The van der Waals surface area contributed by atoms with E-state index in [4.69, 9.17) is 21.3 Å². The normalized spacial score (nSPS) is 23.3. The van der Waals surface area contributed by atoms with E-state index in [0.29, 0.717) is 33.2 Å². The van der Waals surface area contributed by atoms with Gasteiger partial charge in [0.25, 0.3) is 17.4 Å². The summed E-state index contributed by atoms with van der Waals surface area (Å²) < 4.78 is 7.57. The minimum atomic E-state index is -0.784. The zero-order chi connectivity index (χ0) is 41.6. The number of fused-ring (bicyclic) bond motifs is 1. The van der Waals surface area contributed by atoms with Crippen molar-refractivity contribution in [2.75, 3.05) is 55.6 Å². The lowest BCUT2D eigenvalue weighted by Crippen LogP contribution is -2.74. The fraction of sp³-hybridized carbons (Fsp3) is 0.477. The highest BCUT2D eigenvalue weighted by Gasteiger charge is 2.64. The monoisotopic (exact) mass is 819 g/mol. The Balaban J connectivity index is 0.792. The molecule has 1 aliphatic carbocycles. The molecule has 15 heteroatoms. The molecular weight excluding hydrogens is 770 g/mol. The van der Waals surface area contributed by atoms with Crippen LogP contribution < -0.4 is 30.7 Å². The number of imide groups is 1. The van der Waals surface area contributed by atoms with Crippen LogP contribution in [0.2, 0.25) is 5.02 Å². The molecule has 4 aromatic rings. The average molecular weight is 820 g/mol.